The molecule has 6 nitrogen and oxygen atoms in total. The van der Waals surface area contributed by atoms with Gasteiger partial charge in [-0.1, -0.05) is 17.4 Å². The second-order valence-electron chi connectivity index (χ2n) is 4.97. The number of rotatable bonds is 3. The fourth-order valence-corrected chi connectivity index (χ4v) is 3.41. The third-order valence-electron chi connectivity index (χ3n) is 3.46. The number of thiazole rings is 1. The van der Waals surface area contributed by atoms with Crippen molar-refractivity contribution in [3.05, 3.63) is 68.8 Å². The molecule has 0 saturated carbocycles. The van der Waals surface area contributed by atoms with Crippen LogP contribution in [0.1, 0.15) is 17.3 Å². The van der Waals surface area contributed by atoms with Gasteiger partial charge in [0.1, 0.15) is 5.82 Å². The van der Waals surface area contributed by atoms with Crippen molar-refractivity contribution < 1.29 is 14.1 Å². The first kappa shape index (κ1) is 16.0. The van der Waals surface area contributed by atoms with Crippen LogP contribution >= 0.6 is 11.3 Å². The van der Waals surface area contributed by atoms with Gasteiger partial charge in [-0.2, -0.15) is 4.99 Å². The Hall–Kier alpha value is -2.87. The molecule has 0 spiro atoms. The summed E-state index contributed by atoms with van der Waals surface area (Å²) in [7, 11) is 0. The van der Waals surface area contributed by atoms with Crippen LogP contribution in [0.5, 0.6) is 0 Å². The van der Waals surface area contributed by atoms with E-state index in [0.717, 1.165) is 10.8 Å². The largest absolute Gasteiger partial charge is 0.316 e. The molecule has 0 saturated heterocycles. The average Bonchev–Trinajstić information content (AvgIpc) is 2.90. The van der Waals surface area contributed by atoms with Gasteiger partial charge in [0.25, 0.3) is 11.6 Å². The molecule has 0 aliphatic carbocycles. The Morgan fingerprint density at radius 3 is 2.79 bits per heavy atom. The number of hydrogen-bond donors (Lipinski definition) is 0. The number of hydrogen-bond acceptors (Lipinski definition) is 4. The molecule has 0 unspecified atom stereocenters. The standard InChI is InChI=1S/C16H12FN3O3S/c1-2-19-13-9-12(20(22)23)6-7-14(13)24-16(19)18-15(21)10-4-3-5-11(17)8-10/h3-9H,2H2,1H3. The molecule has 0 N–H and O–H groups in total. The summed E-state index contributed by atoms with van der Waals surface area (Å²) in [5.74, 6) is -1.07. The quantitative estimate of drug-likeness (QED) is 0.538. The predicted molar refractivity (Wildman–Crippen MR) is 88.4 cm³/mol. The summed E-state index contributed by atoms with van der Waals surface area (Å²) in [5, 5.41) is 10.9. The molecule has 24 heavy (non-hydrogen) atoms. The highest BCUT2D eigenvalue weighted by atomic mass is 32.1. The van der Waals surface area contributed by atoms with Crippen molar-refractivity contribution in [2.24, 2.45) is 4.99 Å². The van der Waals surface area contributed by atoms with Crippen molar-refractivity contribution in [2.45, 2.75) is 13.5 Å². The maximum Gasteiger partial charge on any atom is 0.279 e. The maximum atomic E-state index is 13.2. The molecular formula is C16H12FN3O3S. The minimum absolute atomic E-state index is 0.0227. The molecule has 0 fully saturated rings. The van der Waals surface area contributed by atoms with E-state index in [1.807, 2.05) is 6.92 Å². The number of aromatic nitrogens is 1. The third kappa shape index (κ3) is 2.95. The smallest absolute Gasteiger partial charge is 0.279 e. The fraction of sp³-hybridized carbons (Fsp3) is 0.125. The number of fused-ring (bicyclic) bond motifs is 1. The Balaban J connectivity index is 2.15. The fourth-order valence-electron chi connectivity index (χ4n) is 2.33. The van der Waals surface area contributed by atoms with Gasteiger partial charge in [0.2, 0.25) is 0 Å². The lowest BCUT2D eigenvalue weighted by Crippen LogP contribution is -2.16. The molecule has 1 heterocycles. The van der Waals surface area contributed by atoms with Gasteiger partial charge in [0.05, 0.1) is 15.1 Å². The zero-order valence-electron chi connectivity index (χ0n) is 12.6. The van der Waals surface area contributed by atoms with Gasteiger partial charge in [-0.05, 0) is 31.2 Å². The molecule has 3 aromatic rings. The number of nitro benzene ring substituents is 1. The lowest BCUT2D eigenvalue weighted by atomic mass is 10.2. The molecule has 8 heteroatoms. The third-order valence-corrected chi connectivity index (χ3v) is 4.52. The molecule has 0 aliphatic rings. The molecule has 0 aliphatic heterocycles. The number of non-ortho nitro benzene ring substituents is 1. The lowest BCUT2D eigenvalue weighted by Gasteiger charge is -2.00. The minimum Gasteiger partial charge on any atom is -0.316 e. The van der Waals surface area contributed by atoms with Crippen molar-refractivity contribution in [3.8, 4) is 0 Å². The molecule has 122 valence electrons. The van der Waals surface area contributed by atoms with Crippen LogP contribution in [-0.4, -0.2) is 15.4 Å². The predicted octanol–water partition coefficient (Wildman–Crippen LogP) is 3.51. The number of amides is 1. The number of nitro groups is 1. The van der Waals surface area contributed by atoms with Gasteiger partial charge in [-0.3, -0.25) is 14.9 Å². The van der Waals surface area contributed by atoms with Crippen LogP contribution in [0.2, 0.25) is 0 Å². The zero-order valence-corrected chi connectivity index (χ0v) is 13.4. The van der Waals surface area contributed by atoms with Crippen LogP contribution in [0.4, 0.5) is 10.1 Å². The highest BCUT2D eigenvalue weighted by molar-refractivity contribution is 7.16. The highest BCUT2D eigenvalue weighted by Crippen LogP contribution is 2.23. The van der Waals surface area contributed by atoms with Crippen LogP contribution in [0.15, 0.2) is 47.5 Å². The Kier molecular flexibility index (Phi) is 4.22. The zero-order chi connectivity index (χ0) is 17.3. The molecule has 1 aromatic heterocycles. The first-order valence-electron chi connectivity index (χ1n) is 7.12. The van der Waals surface area contributed by atoms with E-state index in [1.54, 1.807) is 10.6 Å². The normalized spacial score (nSPS) is 11.8. The first-order valence-corrected chi connectivity index (χ1v) is 7.93. The average molecular weight is 345 g/mol. The summed E-state index contributed by atoms with van der Waals surface area (Å²) in [5.41, 5.74) is 0.772. The van der Waals surface area contributed by atoms with Crippen LogP contribution in [-0.2, 0) is 6.54 Å². The van der Waals surface area contributed by atoms with Crippen molar-refractivity contribution >= 4 is 33.1 Å². The second-order valence-corrected chi connectivity index (χ2v) is 5.97. The van der Waals surface area contributed by atoms with Gasteiger partial charge in [-0.25, -0.2) is 4.39 Å². The molecule has 0 atom stereocenters. The number of aryl methyl sites for hydroxylation is 1. The van der Waals surface area contributed by atoms with Gasteiger partial charge >= 0.3 is 0 Å². The van der Waals surface area contributed by atoms with E-state index < -0.39 is 16.6 Å². The summed E-state index contributed by atoms with van der Waals surface area (Å²) in [4.78, 5) is 27.2. The van der Waals surface area contributed by atoms with Crippen molar-refractivity contribution in [1.82, 2.24) is 4.57 Å². The Morgan fingerprint density at radius 1 is 1.33 bits per heavy atom. The van der Waals surface area contributed by atoms with Crippen LogP contribution in [0.25, 0.3) is 10.2 Å². The molecule has 0 bridgehead atoms. The number of carbonyl (C=O) groups is 1. The summed E-state index contributed by atoms with van der Waals surface area (Å²) in [6.07, 6.45) is 0. The number of carbonyl (C=O) groups excluding carboxylic acids is 1. The minimum atomic E-state index is -0.558. The van der Waals surface area contributed by atoms with Crippen molar-refractivity contribution in [2.75, 3.05) is 0 Å². The van der Waals surface area contributed by atoms with Crippen LogP contribution in [0, 0.1) is 15.9 Å². The van der Waals surface area contributed by atoms with Gasteiger partial charge in [0.15, 0.2) is 4.80 Å². The Bertz CT molecular complexity index is 1020. The first-order chi connectivity index (χ1) is 11.5. The molecule has 2 aromatic carbocycles. The summed E-state index contributed by atoms with van der Waals surface area (Å²) in [6, 6.07) is 9.82. The van der Waals surface area contributed by atoms with E-state index in [4.69, 9.17) is 0 Å². The number of halogens is 1. The highest BCUT2D eigenvalue weighted by Gasteiger charge is 2.12. The topological polar surface area (TPSA) is 77.5 Å². The van der Waals surface area contributed by atoms with Crippen LogP contribution in [0.3, 0.4) is 0 Å². The molecule has 0 radical (unpaired) electrons. The van der Waals surface area contributed by atoms with Gasteiger partial charge in [0, 0.05) is 24.2 Å². The SMILES string of the molecule is CCn1c(=NC(=O)c2cccc(F)c2)sc2ccc([N+](=O)[O-])cc21. The number of benzene rings is 2. The van der Waals surface area contributed by atoms with Gasteiger partial charge < -0.3 is 4.57 Å². The Morgan fingerprint density at radius 2 is 2.12 bits per heavy atom. The van der Waals surface area contributed by atoms with E-state index in [0.29, 0.717) is 16.9 Å². The van der Waals surface area contributed by atoms with E-state index in [2.05, 4.69) is 4.99 Å². The molecular weight excluding hydrogens is 333 g/mol. The van der Waals surface area contributed by atoms with E-state index in [1.165, 1.54) is 41.7 Å². The van der Waals surface area contributed by atoms with Crippen molar-refractivity contribution in [3.63, 3.8) is 0 Å². The van der Waals surface area contributed by atoms with Crippen molar-refractivity contribution in [1.29, 1.82) is 0 Å². The lowest BCUT2D eigenvalue weighted by molar-refractivity contribution is -0.384. The Labute approximate surface area is 139 Å². The summed E-state index contributed by atoms with van der Waals surface area (Å²) >= 11 is 1.26. The number of nitrogens with zero attached hydrogens (tertiary/aromatic N) is 3. The molecule has 3 rings (SSSR count). The van der Waals surface area contributed by atoms with E-state index >= 15 is 0 Å². The van der Waals surface area contributed by atoms with Crippen LogP contribution < -0.4 is 4.80 Å². The maximum absolute atomic E-state index is 13.2. The summed E-state index contributed by atoms with van der Waals surface area (Å²) < 4.78 is 15.8. The second kappa shape index (κ2) is 6.32. The monoisotopic (exact) mass is 345 g/mol. The molecule has 1 amide bonds. The summed E-state index contributed by atoms with van der Waals surface area (Å²) in [6.45, 7) is 2.35. The van der Waals surface area contributed by atoms with E-state index in [-0.39, 0.29) is 11.3 Å². The van der Waals surface area contributed by atoms with E-state index in [9.17, 15) is 19.3 Å². The van der Waals surface area contributed by atoms with Gasteiger partial charge in [-0.15, -0.1) is 0 Å².